The monoisotopic (exact) mass is 287 g/mol. The van der Waals surface area contributed by atoms with E-state index in [0.29, 0.717) is 29.8 Å². The smallest absolute Gasteiger partial charge is 0.353 e. The molecule has 108 valence electrons. The molecule has 21 heavy (non-hydrogen) atoms. The molecule has 1 aliphatic rings. The van der Waals surface area contributed by atoms with E-state index in [-0.39, 0.29) is 17.4 Å². The van der Waals surface area contributed by atoms with Crippen LogP contribution in [0.25, 0.3) is 0 Å². The maximum absolute atomic E-state index is 11.6. The van der Waals surface area contributed by atoms with E-state index in [1.54, 1.807) is 32.2 Å². The van der Waals surface area contributed by atoms with Gasteiger partial charge in [-0.1, -0.05) is 0 Å². The van der Waals surface area contributed by atoms with Crippen LogP contribution < -0.4 is 4.74 Å². The molecule has 0 radical (unpaired) electrons. The number of hydrogen-bond acceptors (Lipinski definition) is 5. The molecule has 1 aliphatic carbocycles. The third-order valence-corrected chi connectivity index (χ3v) is 3.53. The Labute approximate surface area is 120 Å². The van der Waals surface area contributed by atoms with Crippen molar-refractivity contribution in [2.75, 3.05) is 0 Å². The Morgan fingerprint density at radius 1 is 1.38 bits per heavy atom. The van der Waals surface area contributed by atoms with Crippen LogP contribution in [0.3, 0.4) is 0 Å². The van der Waals surface area contributed by atoms with E-state index in [1.165, 1.54) is 4.68 Å². The van der Waals surface area contributed by atoms with Gasteiger partial charge >= 0.3 is 5.69 Å². The first-order valence-electron chi connectivity index (χ1n) is 6.49. The Morgan fingerprint density at radius 3 is 2.86 bits per heavy atom. The van der Waals surface area contributed by atoms with Crippen molar-refractivity contribution in [2.45, 2.75) is 19.8 Å². The van der Waals surface area contributed by atoms with Crippen molar-refractivity contribution in [3.05, 3.63) is 45.1 Å². The Kier molecular flexibility index (Phi) is 2.97. The number of nitro groups is 1. The summed E-state index contributed by atoms with van der Waals surface area (Å²) in [4.78, 5) is 22.2. The van der Waals surface area contributed by atoms with Crippen molar-refractivity contribution in [1.82, 2.24) is 9.78 Å². The predicted molar refractivity (Wildman–Crippen MR) is 73.8 cm³/mol. The van der Waals surface area contributed by atoms with Crippen LogP contribution in [-0.4, -0.2) is 20.5 Å². The molecular formula is C14H13N3O4. The van der Waals surface area contributed by atoms with Crippen LogP contribution in [0.15, 0.2) is 18.2 Å². The van der Waals surface area contributed by atoms with Crippen molar-refractivity contribution in [2.24, 2.45) is 7.05 Å². The van der Waals surface area contributed by atoms with Gasteiger partial charge in [0.05, 0.1) is 4.92 Å². The van der Waals surface area contributed by atoms with E-state index in [9.17, 15) is 14.9 Å². The third kappa shape index (κ3) is 2.16. The lowest BCUT2D eigenvalue weighted by Crippen LogP contribution is -1.98. The number of aryl methyl sites for hydroxylation is 3. The Bertz CT molecular complexity index is 764. The molecular weight excluding hydrogens is 274 g/mol. The van der Waals surface area contributed by atoms with Gasteiger partial charge in [-0.25, -0.2) is 4.68 Å². The number of ether oxygens (including phenoxy) is 1. The van der Waals surface area contributed by atoms with Crippen LogP contribution in [0.4, 0.5) is 5.69 Å². The Morgan fingerprint density at radius 2 is 2.14 bits per heavy atom. The first kappa shape index (κ1) is 13.3. The van der Waals surface area contributed by atoms with Gasteiger partial charge in [0, 0.05) is 19.0 Å². The maximum Gasteiger partial charge on any atom is 0.353 e. The van der Waals surface area contributed by atoms with Gasteiger partial charge in [-0.15, -0.1) is 0 Å². The summed E-state index contributed by atoms with van der Waals surface area (Å²) in [5.74, 6) is 0.676. The molecule has 0 unspecified atom stereocenters. The van der Waals surface area contributed by atoms with Crippen molar-refractivity contribution in [1.29, 1.82) is 0 Å². The minimum absolute atomic E-state index is 0.0850. The first-order valence-corrected chi connectivity index (χ1v) is 6.49. The summed E-state index contributed by atoms with van der Waals surface area (Å²) in [6, 6.07) is 5.11. The number of carbonyl (C=O) groups is 1. The van der Waals surface area contributed by atoms with E-state index in [1.807, 2.05) is 0 Å². The molecule has 7 heteroatoms. The standard InChI is InChI=1S/C14H13N3O4/c1-8-13(17(19)20)14(16(2)15-8)21-10-4-5-11-9(7-10)3-6-12(11)18/h4-5,7H,3,6H2,1-2H3. The molecule has 0 saturated heterocycles. The molecule has 0 spiro atoms. The second kappa shape index (κ2) is 4.69. The quantitative estimate of drug-likeness (QED) is 0.639. The van der Waals surface area contributed by atoms with Crippen LogP contribution in [0, 0.1) is 17.0 Å². The fourth-order valence-electron chi connectivity index (χ4n) is 2.56. The fraction of sp³-hybridized carbons (Fsp3) is 0.286. The highest BCUT2D eigenvalue weighted by Crippen LogP contribution is 2.35. The third-order valence-electron chi connectivity index (χ3n) is 3.53. The predicted octanol–water partition coefficient (Wildman–Crippen LogP) is 2.56. The molecule has 1 aromatic heterocycles. The zero-order valence-corrected chi connectivity index (χ0v) is 11.6. The van der Waals surface area contributed by atoms with Gasteiger partial charge in [-0.2, -0.15) is 5.10 Å². The molecule has 2 aromatic rings. The SMILES string of the molecule is Cc1nn(C)c(Oc2ccc3c(c2)CCC3=O)c1[N+](=O)[O-]. The molecule has 0 fully saturated rings. The van der Waals surface area contributed by atoms with Crippen molar-refractivity contribution >= 4 is 11.5 Å². The highest BCUT2D eigenvalue weighted by atomic mass is 16.6. The lowest BCUT2D eigenvalue weighted by molar-refractivity contribution is -0.386. The summed E-state index contributed by atoms with van der Waals surface area (Å²) in [7, 11) is 1.59. The van der Waals surface area contributed by atoms with Gasteiger partial charge in [0.25, 0.3) is 5.88 Å². The topological polar surface area (TPSA) is 87.3 Å². The summed E-state index contributed by atoms with van der Waals surface area (Å²) < 4.78 is 6.97. The van der Waals surface area contributed by atoms with Gasteiger partial charge < -0.3 is 4.74 Å². The number of fused-ring (bicyclic) bond motifs is 1. The Hall–Kier alpha value is -2.70. The van der Waals surface area contributed by atoms with Gasteiger partial charge in [0.2, 0.25) is 0 Å². The number of rotatable bonds is 3. The molecule has 0 aliphatic heterocycles. The second-order valence-electron chi connectivity index (χ2n) is 4.96. The lowest BCUT2D eigenvalue weighted by atomic mass is 10.1. The van der Waals surface area contributed by atoms with E-state index >= 15 is 0 Å². The van der Waals surface area contributed by atoms with Crippen LogP contribution in [-0.2, 0) is 13.5 Å². The van der Waals surface area contributed by atoms with Crippen LogP contribution >= 0.6 is 0 Å². The highest BCUT2D eigenvalue weighted by Gasteiger charge is 2.27. The summed E-state index contributed by atoms with van der Waals surface area (Å²) in [6.45, 7) is 1.56. The molecule has 3 rings (SSSR count). The normalized spacial score (nSPS) is 13.3. The van der Waals surface area contributed by atoms with Gasteiger partial charge in [0.15, 0.2) is 5.78 Å². The minimum Gasteiger partial charge on any atom is -0.434 e. The average Bonchev–Trinajstić information content (AvgIpc) is 2.91. The molecule has 0 N–H and O–H groups in total. The van der Waals surface area contributed by atoms with Crippen LogP contribution in [0.1, 0.15) is 28.0 Å². The number of ketones is 1. The van der Waals surface area contributed by atoms with Crippen molar-refractivity contribution < 1.29 is 14.5 Å². The van der Waals surface area contributed by atoms with Crippen molar-refractivity contribution in [3.8, 4) is 11.6 Å². The molecule has 0 amide bonds. The number of aromatic nitrogens is 2. The van der Waals surface area contributed by atoms with Gasteiger partial charge in [-0.3, -0.25) is 14.9 Å². The first-order chi connectivity index (χ1) is 9.97. The lowest BCUT2D eigenvalue weighted by Gasteiger charge is -2.06. The number of carbonyl (C=O) groups excluding carboxylic acids is 1. The number of nitrogens with zero attached hydrogens (tertiary/aromatic N) is 3. The van der Waals surface area contributed by atoms with E-state index in [4.69, 9.17) is 4.74 Å². The van der Waals surface area contributed by atoms with E-state index in [2.05, 4.69) is 5.10 Å². The number of hydrogen-bond donors (Lipinski definition) is 0. The summed E-state index contributed by atoms with van der Waals surface area (Å²) in [5, 5.41) is 15.1. The molecule has 0 saturated carbocycles. The number of benzene rings is 1. The molecule has 7 nitrogen and oxygen atoms in total. The summed E-state index contributed by atoms with van der Waals surface area (Å²) in [6.07, 6.45) is 1.18. The van der Waals surface area contributed by atoms with E-state index in [0.717, 1.165) is 5.56 Å². The van der Waals surface area contributed by atoms with Crippen molar-refractivity contribution in [3.63, 3.8) is 0 Å². The zero-order valence-electron chi connectivity index (χ0n) is 11.6. The van der Waals surface area contributed by atoms with Gasteiger partial charge in [0.1, 0.15) is 11.4 Å². The highest BCUT2D eigenvalue weighted by molar-refractivity contribution is 6.00. The maximum atomic E-state index is 11.6. The molecule has 1 heterocycles. The zero-order chi connectivity index (χ0) is 15.1. The minimum atomic E-state index is -0.505. The molecule has 1 aromatic carbocycles. The average molecular weight is 287 g/mol. The fourth-order valence-corrected chi connectivity index (χ4v) is 2.56. The summed E-state index contributed by atoms with van der Waals surface area (Å²) >= 11 is 0. The molecule has 0 atom stereocenters. The number of Topliss-reactive ketones (excluding diaryl/α,β-unsaturated/α-hetero) is 1. The Balaban J connectivity index is 1.98. The van der Waals surface area contributed by atoms with E-state index < -0.39 is 4.92 Å². The summed E-state index contributed by atoms with van der Waals surface area (Å²) in [5.41, 5.74) is 1.78. The van der Waals surface area contributed by atoms with Gasteiger partial charge in [-0.05, 0) is 37.1 Å². The second-order valence-corrected chi connectivity index (χ2v) is 4.96. The molecule has 0 bridgehead atoms. The van der Waals surface area contributed by atoms with Crippen LogP contribution in [0.2, 0.25) is 0 Å². The van der Waals surface area contributed by atoms with Crippen LogP contribution in [0.5, 0.6) is 11.6 Å². The largest absolute Gasteiger partial charge is 0.434 e.